The van der Waals surface area contributed by atoms with Gasteiger partial charge >= 0.3 is 0 Å². The molecule has 1 heterocycles. The first-order valence-corrected chi connectivity index (χ1v) is 7.57. The van der Waals surface area contributed by atoms with E-state index in [2.05, 4.69) is 22.5 Å². The fourth-order valence-electron chi connectivity index (χ4n) is 1.58. The summed E-state index contributed by atoms with van der Waals surface area (Å²) in [4.78, 5) is 24.2. The third-order valence-electron chi connectivity index (χ3n) is 2.35. The van der Waals surface area contributed by atoms with Gasteiger partial charge < -0.3 is 16.4 Å². The largest absolute Gasteiger partial charge is 0.351 e. The van der Waals surface area contributed by atoms with Crippen LogP contribution in [0.3, 0.4) is 0 Å². The Kier molecular flexibility index (Phi) is 6.40. The monoisotopic (exact) mass is 307 g/mol. The lowest BCUT2D eigenvalue weighted by Gasteiger charge is -2.20. The number of carbonyl (C=O) groups is 2. The van der Waals surface area contributed by atoms with Crippen LogP contribution in [-0.4, -0.2) is 30.4 Å². The second-order valence-electron chi connectivity index (χ2n) is 5.47. The minimum absolute atomic E-state index is 0.0860. The molecular formula is C15H21N3O2S. The number of carbonyl (C=O) groups excluding carboxylic acids is 2. The summed E-state index contributed by atoms with van der Waals surface area (Å²) in [6.07, 6.45) is 0.248. The lowest BCUT2D eigenvalue weighted by Crippen LogP contribution is -2.41. The molecule has 0 fully saturated rings. The highest BCUT2D eigenvalue weighted by atomic mass is 32.1. The van der Waals surface area contributed by atoms with Crippen molar-refractivity contribution in [2.75, 3.05) is 13.1 Å². The molecule has 0 aliphatic rings. The van der Waals surface area contributed by atoms with Crippen molar-refractivity contribution in [2.45, 2.75) is 32.7 Å². The Morgan fingerprint density at radius 2 is 2.10 bits per heavy atom. The number of hydrogen-bond acceptors (Lipinski definition) is 4. The summed E-state index contributed by atoms with van der Waals surface area (Å²) in [5.41, 5.74) is 5.72. The molecule has 0 unspecified atom stereocenters. The maximum absolute atomic E-state index is 12.0. The van der Waals surface area contributed by atoms with Crippen LogP contribution in [0.15, 0.2) is 11.4 Å². The van der Waals surface area contributed by atoms with Crippen LogP contribution in [0.5, 0.6) is 0 Å². The summed E-state index contributed by atoms with van der Waals surface area (Å²) in [6, 6.07) is 1.79. The zero-order chi connectivity index (χ0) is 15.9. The molecule has 0 aromatic carbocycles. The van der Waals surface area contributed by atoms with E-state index in [9.17, 15) is 9.59 Å². The Hall–Kier alpha value is -1.84. The molecule has 1 aromatic rings. The molecule has 2 amide bonds. The lowest BCUT2D eigenvalue weighted by atomic mass is 10.1. The highest BCUT2D eigenvalue weighted by Crippen LogP contribution is 2.15. The third-order valence-corrected chi connectivity index (χ3v) is 3.26. The van der Waals surface area contributed by atoms with Crippen molar-refractivity contribution in [2.24, 2.45) is 5.73 Å². The molecule has 21 heavy (non-hydrogen) atoms. The van der Waals surface area contributed by atoms with Gasteiger partial charge in [0.05, 0.1) is 6.54 Å². The minimum atomic E-state index is -0.264. The molecule has 0 aliphatic heterocycles. The van der Waals surface area contributed by atoms with E-state index in [4.69, 9.17) is 5.73 Å². The van der Waals surface area contributed by atoms with E-state index in [0.717, 1.165) is 0 Å². The summed E-state index contributed by atoms with van der Waals surface area (Å²) < 4.78 is 0. The molecule has 0 saturated heterocycles. The second kappa shape index (κ2) is 7.81. The van der Waals surface area contributed by atoms with Crippen LogP contribution in [0.1, 0.15) is 42.4 Å². The van der Waals surface area contributed by atoms with Crippen molar-refractivity contribution >= 4 is 23.2 Å². The third kappa shape index (κ3) is 6.43. The molecule has 4 N–H and O–H groups in total. The van der Waals surface area contributed by atoms with Gasteiger partial charge in [0.1, 0.15) is 4.88 Å². The Morgan fingerprint density at radius 1 is 1.38 bits per heavy atom. The number of rotatable bonds is 4. The number of thiophene rings is 1. The van der Waals surface area contributed by atoms with Gasteiger partial charge in [-0.25, -0.2) is 0 Å². The Bertz CT molecular complexity index is 561. The zero-order valence-electron chi connectivity index (χ0n) is 12.6. The van der Waals surface area contributed by atoms with Gasteiger partial charge in [0.15, 0.2) is 0 Å². The maximum atomic E-state index is 12.0. The first kappa shape index (κ1) is 17.2. The van der Waals surface area contributed by atoms with Gasteiger partial charge in [0, 0.05) is 24.1 Å². The molecule has 0 saturated carbocycles. The quantitative estimate of drug-likeness (QED) is 0.728. The molecular weight excluding hydrogens is 286 g/mol. The first-order valence-electron chi connectivity index (χ1n) is 6.69. The first-order chi connectivity index (χ1) is 9.83. The van der Waals surface area contributed by atoms with Gasteiger partial charge in [-0.2, -0.15) is 0 Å². The van der Waals surface area contributed by atoms with E-state index in [0.29, 0.717) is 17.0 Å². The average Bonchev–Trinajstić information content (AvgIpc) is 2.82. The minimum Gasteiger partial charge on any atom is -0.351 e. The summed E-state index contributed by atoms with van der Waals surface area (Å²) in [7, 11) is 0. The van der Waals surface area contributed by atoms with Crippen LogP contribution in [0, 0.1) is 11.8 Å². The molecule has 1 aromatic heterocycles. The van der Waals surface area contributed by atoms with Crippen molar-refractivity contribution < 1.29 is 9.59 Å². The van der Waals surface area contributed by atoms with Crippen LogP contribution < -0.4 is 16.4 Å². The molecule has 0 radical (unpaired) electrons. The van der Waals surface area contributed by atoms with Gasteiger partial charge in [-0.3, -0.25) is 9.59 Å². The van der Waals surface area contributed by atoms with E-state index < -0.39 is 0 Å². The topological polar surface area (TPSA) is 84.2 Å². The fraction of sp³-hybridized carbons (Fsp3) is 0.467. The SMILES string of the molecule is CC(C)(C)NC(=O)CCNC(=O)c1sccc1C#CCN. The van der Waals surface area contributed by atoms with Crippen LogP contribution in [-0.2, 0) is 4.79 Å². The van der Waals surface area contributed by atoms with Gasteiger partial charge in [0.25, 0.3) is 5.91 Å². The fourth-order valence-corrected chi connectivity index (χ4v) is 2.35. The summed E-state index contributed by atoms with van der Waals surface area (Å²) in [5, 5.41) is 7.38. The Balaban J connectivity index is 2.48. The number of hydrogen-bond donors (Lipinski definition) is 3. The van der Waals surface area contributed by atoms with Gasteiger partial charge in [-0.1, -0.05) is 11.8 Å². The number of amides is 2. The van der Waals surface area contributed by atoms with Crippen molar-refractivity contribution in [1.82, 2.24) is 10.6 Å². The second-order valence-corrected chi connectivity index (χ2v) is 6.39. The van der Waals surface area contributed by atoms with E-state index in [1.165, 1.54) is 11.3 Å². The predicted molar refractivity (Wildman–Crippen MR) is 85.1 cm³/mol. The Morgan fingerprint density at radius 3 is 2.71 bits per heavy atom. The molecule has 0 spiro atoms. The summed E-state index contributed by atoms with van der Waals surface area (Å²) >= 11 is 1.32. The standard InChI is InChI=1S/C15H21N3O2S/c1-15(2,3)18-12(19)6-9-17-14(20)13-11(5-4-8-16)7-10-21-13/h7,10H,6,8-9,16H2,1-3H3,(H,17,20)(H,18,19). The molecule has 1 rings (SSSR count). The zero-order valence-corrected chi connectivity index (χ0v) is 13.4. The molecule has 6 heteroatoms. The van der Waals surface area contributed by atoms with Crippen LogP contribution in [0.4, 0.5) is 0 Å². The van der Waals surface area contributed by atoms with Crippen molar-refractivity contribution in [3.63, 3.8) is 0 Å². The van der Waals surface area contributed by atoms with Gasteiger partial charge in [-0.15, -0.1) is 11.3 Å². The lowest BCUT2D eigenvalue weighted by molar-refractivity contribution is -0.122. The van der Waals surface area contributed by atoms with E-state index >= 15 is 0 Å². The molecule has 5 nitrogen and oxygen atoms in total. The maximum Gasteiger partial charge on any atom is 0.262 e. The summed E-state index contributed by atoms with van der Waals surface area (Å²) in [5.74, 6) is 5.29. The predicted octanol–water partition coefficient (Wildman–Crippen LogP) is 1.09. The highest BCUT2D eigenvalue weighted by molar-refractivity contribution is 7.12. The molecule has 0 bridgehead atoms. The van der Waals surface area contributed by atoms with Crippen LogP contribution in [0.25, 0.3) is 0 Å². The van der Waals surface area contributed by atoms with Gasteiger partial charge in [0.2, 0.25) is 5.91 Å². The van der Waals surface area contributed by atoms with Crippen LogP contribution in [0.2, 0.25) is 0 Å². The number of nitrogens with two attached hydrogens (primary N) is 1. The van der Waals surface area contributed by atoms with E-state index in [1.54, 1.807) is 6.07 Å². The van der Waals surface area contributed by atoms with E-state index in [1.807, 2.05) is 26.2 Å². The van der Waals surface area contributed by atoms with Crippen molar-refractivity contribution in [1.29, 1.82) is 0 Å². The summed E-state index contributed by atoms with van der Waals surface area (Å²) in [6.45, 7) is 6.29. The number of nitrogens with one attached hydrogen (secondary N) is 2. The smallest absolute Gasteiger partial charge is 0.262 e. The van der Waals surface area contributed by atoms with Gasteiger partial charge in [-0.05, 0) is 32.2 Å². The Labute approximate surface area is 129 Å². The molecule has 0 atom stereocenters. The molecule has 0 aliphatic carbocycles. The highest BCUT2D eigenvalue weighted by Gasteiger charge is 2.15. The van der Waals surface area contributed by atoms with Crippen molar-refractivity contribution in [3.8, 4) is 11.8 Å². The van der Waals surface area contributed by atoms with E-state index in [-0.39, 0.29) is 30.3 Å². The van der Waals surface area contributed by atoms with Crippen molar-refractivity contribution in [3.05, 3.63) is 21.9 Å². The average molecular weight is 307 g/mol. The molecule has 114 valence electrons. The van der Waals surface area contributed by atoms with Crippen LogP contribution >= 0.6 is 11.3 Å². The normalized spacial score (nSPS) is 10.5.